The summed E-state index contributed by atoms with van der Waals surface area (Å²) in [5.41, 5.74) is 0. The zero-order chi connectivity index (χ0) is 14.1. The van der Waals surface area contributed by atoms with Crippen molar-refractivity contribution in [3.8, 4) is 0 Å². The van der Waals surface area contributed by atoms with E-state index in [1.54, 1.807) is 4.90 Å². The lowest BCUT2D eigenvalue weighted by molar-refractivity contribution is -0.141. The van der Waals surface area contributed by atoms with Gasteiger partial charge in [-0.2, -0.15) is 0 Å². The average molecular weight is 272 g/mol. The van der Waals surface area contributed by atoms with Crippen molar-refractivity contribution in [2.75, 3.05) is 53.0 Å². The summed E-state index contributed by atoms with van der Waals surface area (Å²) in [7, 11) is 1.36. The van der Waals surface area contributed by atoms with Gasteiger partial charge in [0.25, 0.3) is 0 Å². The molecule has 0 radical (unpaired) electrons. The second-order valence-corrected chi connectivity index (χ2v) is 4.64. The number of hydrogen-bond donors (Lipinski definition) is 0. The van der Waals surface area contributed by atoms with Crippen LogP contribution in [0.3, 0.4) is 0 Å². The molecule has 0 saturated carbocycles. The van der Waals surface area contributed by atoms with E-state index < -0.39 is 0 Å². The number of amides is 1. The van der Waals surface area contributed by atoms with Crippen LogP contribution < -0.4 is 0 Å². The Kier molecular flexibility index (Phi) is 7.43. The normalized spacial score (nSPS) is 16.1. The number of esters is 1. The molecule has 1 aliphatic heterocycles. The van der Waals surface area contributed by atoms with Crippen LogP contribution in [0.2, 0.25) is 0 Å². The molecule has 0 unspecified atom stereocenters. The minimum Gasteiger partial charge on any atom is -0.469 e. The first kappa shape index (κ1) is 15.9. The number of ether oxygens (including phenoxy) is 2. The van der Waals surface area contributed by atoms with E-state index in [9.17, 15) is 9.59 Å². The van der Waals surface area contributed by atoms with Crippen LogP contribution in [0.15, 0.2) is 0 Å². The molecule has 6 heteroatoms. The van der Waals surface area contributed by atoms with Crippen molar-refractivity contribution in [2.45, 2.75) is 19.8 Å². The molecule has 1 saturated heterocycles. The second kappa shape index (κ2) is 8.87. The van der Waals surface area contributed by atoms with Crippen LogP contribution in [0.25, 0.3) is 0 Å². The Morgan fingerprint density at radius 3 is 2.53 bits per heavy atom. The van der Waals surface area contributed by atoms with E-state index in [0.29, 0.717) is 13.1 Å². The first-order chi connectivity index (χ1) is 9.13. The smallest absolute Gasteiger partial charge is 0.307 e. The van der Waals surface area contributed by atoms with Crippen molar-refractivity contribution >= 4 is 11.9 Å². The predicted octanol–water partition coefficient (Wildman–Crippen LogP) is 0.120. The lowest BCUT2D eigenvalue weighted by atomic mass is 10.3. The Balaban J connectivity index is 2.21. The molecule has 1 amide bonds. The molecule has 1 aliphatic rings. The number of rotatable bonds is 7. The first-order valence-electron chi connectivity index (χ1n) is 6.76. The third-order valence-electron chi connectivity index (χ3n) is 3.26. The van der Waals surface area contributed by atoms with Crippen molar-refractivity contribution in [1.29, 1.82) is 0 Å². The number of methoxy groups -OCH3 is 1. The average Bonchev–Trinajstić information content (AvgIpc) is 2.42. The van der Waals surface area contributed by atoms with E-state index in [0.717, 1.165) is 39.3 Å². The molecule has 0 atom stereocenters. The number of nitrogens with zero attached hydrogens (tertiary/aromatic N) is 2. The molecule has 0 N–H and O–H groups in total. The minimum atomic E-state index is -0.278. The van der Waals surface area contributed by atoms with Crippen molar-refractivity contribution in [3.05, 3.63) is 0 Å². The second-order valence-electron chi connectivity index (χ2n) is 4.64. The Bertz CT molecular complexity index is 290. The molecule has 110 valence electrons. The summed E-state index contributed by atoms with van der Waals surface area (Å²) in [6.07, 6.45) is 1.17. The molecular formula is C13H24N2O4. The molecule has 0 aromatic carbocycles. The lowest BCUT2D eigenvalue weighted by Gasteiger charge is -2.28. The fourth-order valence-corrected chi connectivity index (χ4v) is 2.06. The van der Waals surface area contributed by atoms with E-state index in [4.69, 9.17) is 4.74 Å². The highest BCUT2D eigenvalue weighted by atomic mass is 16.5. The van der Waals surface area contributed by atoms with E-state index in [1.807, 2.05) is 0 Å². The van der Waals surface area contributed by atoms with Crippen molar-refractivity contribution < 1.29 is 19.1 Å². The highest BCUT2D eigenvalue weighted by molar-refractivity contribution is 5.74. The maximum atomic E-state index is 11.5. The summed E-state index contributed by atoms with van der Waals surface area (Å²) >= 11 is 0. The molecule has 0 spiro atoms. The fraction of sp³-hybridized carbons (Fsp3) is 0.846. The van der Waals surface area contributed by atoms with Gasteiger partial charge in [0.05, 0.1) is 26.7 Å². The van der Waals surface area contributed by atoms with E-state index >= 15 is 0 Å². The summed E-state index contributed by atoms with van der Waals surface area (Å²) in [5, 5.41) is 0. The number of morpholine rings is 1. The molecule has 0 aromatic heterocycles. The zero-order valence-electron chi connectivity index (χ0n) is 11.9. The van der Waals surface area contributed by atoms with E-state index in [1.165, 1.54) is 14.0 Å². The van der Waals surface area contributed by atoms with Gasteiger partial charge < -0.3 is 14.4 Å². The van der Waals surface area contributed by atoms with Crippen LogP contribution in [-0.4, -0.2) is 74.7 Å². The molecule has 6 nitrogen and oxygen atoms in total. The maximum absolute atomic E-state index is 11.5. The summed E-state index contributed by atoms with van der Waals surface area (Å²) in [6.45, 7) is 7.12. The summed E-state index contributed by atoms with van der Waals surface area (Å²) in [5.74, 6) is -0.273. The number of carbonyl (C=O) groups excluding carboxylic acids is 2. The van der Waals surface area contributed by atoms with Gasteiger partial charge in [-0.1, -0.05) is 0 Å². The van der Waals surface area contributed by atoms with Gasteiger partial charge in [0.2, 0.25) is 5.91 Å². The van der Waals surface area contributed by atoms with Gasteiger partial charge >= 0.3 is 5.97 Å². The fourth-order valence-electron chi connectivity index (χ4n) is 2.06. The molecule has 1 fully saturated rings. The molecule has 0 aliphatic carbocycles. The molecular weight excluding hydrogens is 248 g/mol. The monoisotopic (exact) mass is 272 g/mol. The zero-order valence-corrected chi connectivity index (χ0v) is 11.9. The molecule has 1 heterocycles. The lowest BCUT2D eigenvalue weighted by Crippen LogP contribution is -2.39. The summed E-state index contributed by atoms with van der Waals surface area (Å²) in [6, 6.07) is 0. The number of carbonyl (C=O) groups is 2. The van der Waals surface area contributed by atoms with Gasteiger partial charge in [-0.25, -0.2) is 0 Å². The SMILES string of the molecule is COC(=O)CCN(CCCN1CCOCC1)C(C)=O. The molecule has 19 heavy (non-hydrogen) atoms. The van der Waals surface area contributed by atoms with Crippen molar-refractivity contribution in [3.63, 3.8) is 0 Å². The topological polar surface area (TPSA) is 59.1 Å². The molecule has 0 aromatic rings. The van der Waals surface area contributed by atoms with Crippen LogP contribution in [0, 0.1) is 0 Å². The van der Waals surface area contributed by atoms with Gasteiger partial charge in [0.15, 0.2) is 0 Å². The quantitative estimate of drug-likeness (QED) is 0.616. The molecule has 1 rings (SSSR count). The predicted molar refractivity (Wildman–Crippen MR) is 70.8 cm³/mol. The van der Waals surface area contributed by atoms with Crippen LogP contribution in [-0.2, 0) is 19.1 Å². The number of hydrogen-bond acceptors (Lipinski definition) is 5. The standard InChI is InChI=1S/C13H24N2O4/c1-12(16)15(7-4-13(17)18-2)6-3-5-14-8-10-19-11-9-14/h3-11H2,1-2H3. The highest BCUT2D eigenvalue weighted by Crippen LogP contribution is 2.01. The Morgan fingerprint density at radius 2 is 1.95 bits per heavy atom. The van der Waals surface area contributed by atoms with Crippen molar-refractivity contribution in [1.82, 2.24) is 9.80 Å². The highest BCUT2D eigenvalue weighted by Gasteiger charge is 2.13. The Morgan fingerprint density at radius 1 is 1.26 bits per heavy atom. The third-order valence-corrected chi connectivity index (χ3v) is 3.26. The largest absolute Gasteiger partial charge is 0.469 e. The Hall–Kier alpha value is -1.14. The Labute approximate surface area is 114 Å². The molecule has 0 bridgehead atoms. The minimum absolute atomic E-state index is 0.00544. The van der Waals surface area contributed by atoms with E-state index in [-0.39, 0.29) is 18.3 Å². The van der Waals surface area contributed by atoms with Crippen LogP contribution in [0.4, 0.5) is 0 Å². The van der Waals surface area contributed by atoms with Gasteiger partial charge in [-0.05, 0) is 6.42 Å². The van der Waals surface area contributed by atoms with Gasteiger partial charge in [-0.3, -0.25) is 14.5 Å². The van der Waals surface area contributed by atoms with Gasteiger partial charge in [0.1, 0.15) is 0 Å². The maximum Gasteiger partial charge on any atom is 0.307 e. The van der Waals surface area contributed by atoms with E-state index in [2.05, 4.69) is 9.64 Å². The van der Waals surface area contributed by atoms with Crippen LogP contribution >= 0.6 is 0 Å². The van der Waals surface area contributed by atoms with Gasteiger partial charge in [-0.15, -0.1) is 0 Å². The third kappa shape index (κ3) is 6.54. The van der Waals surface area contributed by atoms with Crippen molar-refractivity contribution in [2.24, 2.45) is 0 Å². The first-order valence-corrected chi connectivity index (χ1v) is 6.76. The van der Waals surface area contributed by atoms with Crippen LogP contribution in [0.1, 0.15) is 19.8 Å². The van der Waals surface area contributed by atoms with Crippen LogP contribution in [0.5, 0.6) is 0 Å². The summed E-state index contributed by atoms with van der Waals surface area (Å²) < 4.78 is 9.87. The summed E-state index contributed by atoms with van der Waals surface area (Å²) in [4.78, 5) is 26.6. The van der Waals surface area contributed by atoms with Gasteiger partial charge in [0, 0.05) is 39.6 Å².